The molecule has 2 aliphatic rings. The lowest BCUT2D eigenvalue weighted by atomic mass is 9.87. The summed E-state index contributed by atoms with van der Waals surface area (Å²) in [6.07, 6.45) is 3.52. The van der Waals surface area contributed by atoms with E-state index in [1.54, 1.807) is 6.07 Å². The Morgan fingerprint density at radius 2 is 2.15 bits per heavy atom. The zero-order valence-electron chi connectivity index (χ0n) is 11.5. The number of ether oxygens (including phenoxy) is 2. The van der Waals surface area contributed by atoms with E-state index < -0.39 is 0 Å². The average molecular weight is 316 g/mol. The third kappa shape index (κ3) is 2.91. The molecule has 3 rings (SSSR count). The van der Waals surface area contributed by atoms with Crippen molar-refractivity contribution in [3.63, 3.8) is 0 Å². The number of rotatable bonds is 4. The number of hydrogen-bond acceptors (Lipinski definition) is 3. The molecule has 1 atom stereocenters. The summed E-state index contributed by atoms with van der Waals surface area (Å²) < 4.78 is 11.3. The van der Waals surface area contributed by atoms with Crippen LogP contribution in [0.3, 0.4) is 0 Å². The standard InChI is InChI=1S/C15H19Cl2NO2/c1-2-19-11-7-10(8-11)18-14-3-4-20-15-12(14)5-9(16)6-13(15)17/h5-6,10-11,14,18H,2-4,7-8H2,1H3. The second-order valence-electron chi connectivity index (χ2n) is 5.41. The van der Waals surface area contributed by atoms with Crippen molar-refractivity contribution in [2.24, 2.45) is 0 Å². The average Bonchev–Trinajstić information content (AvgIpc) is 2.37. The van der Waals surface area contributed by atoms with Gasteiger partial charge in [0.1, 0.15) is 5.75 Å². The SMILES string of the molecule is CCOC1CC(NC2CCOc3c(Cl)cc(Cl)cc32)C1. The molecule has 1 aromatic carbocycles. The summed E-state index contributed by atoms with van der Waals surface area (Å²) in [5, 5.41) is 4.93. The van der Waals surface area contributed by atoms with Crippen molar-refractivity contribution in [3.8, 4) is 5.75 Å². The predicted octanol–water partition coefficient (Wildman–Crippen LogP) is 3.97. The molecule has 1 saturated carbocycles. The minimum Gasteiger partial charge on any atom is -0.492 e. The van der Waals surface area contributed by atoms with Gasteiger partial charge >= 0.3 is 0 Å². The fourth-order valence-corrected chi connectivity index (χ4v) is 3.52. The highest BCUT2D eigenvalue weighted by Gasteiger charge is 2.33. The maximum atomic E-state index is 6.20. The lowest BCUT2D eigenvalue weighted by Crippen LogP contribution is -2.47. The fourth-order valence-electron chi connectivity index (χ4n) is 2.96. The lowest BCUT2D eigenvalue weighted by Gasteiger charge is -2.39. The molecule has 1 fully saturated rings. The van der Waals surface area contributed by atoms with Crippen LogP contribution in [-0.2, 0) is 4.74 Å². The van der Waals surface area contributed by atoms with Crippen LogP contribution in [-0.4, -0.2) is 25.4 Å². The van der Waals surface area contributed by atoms with Crippen LogP contribution in [0, 0.1) is 0 Å². The first-order chi connectivity index (χ1) is 9.67. The van der Waals surface area contributed by atoms with E-state index in [2.05, 4.69) is 5.32 Å². The van der Waals surface area contributed by atoms with Crippen molar-refractivity contribution in [3.05, 3.63) is 27.7 Å². The summed E-state index contributed by atoms with van der Waals surface area (Å²) in [6.45, 7) is 3.52. The first-order valence-electron chi connectivity index (χ1n) is 7.16. The maximum absolute atomic E-state index is 6.20. The smallest absolute Gasteiger partial charge is 0.142 e. The van der Waals surface area contributed by atoms with Gasteiger partial charge in [-0.25, -0.2) is 0 Å². The molecule has 0 bridgehead atoms. The quantitative estimate of drug-likeness (QED) is 0.911. The third-order valence-electron chi connectivity index (χ3n) is 4.00. The van der Waals surface area contributed by atoms with Gasteiger partial charge in [0.25, 0.3) is 0 Å². The zero-order valence-corrected chi connectivity index (χ0v) is 13.0. The summed E-state index contributed by atoms with van der Waals surface area (Å²) in [5.74, 6) is 0.778. The maximum Gasteiger partial charge on any atom is 0.142 e. The van der Waals surface area contributed by atoms with Crippen LogP contribution in [0.15, 0.2) is 12.1 Å². The van der Waals surface area contributed by atoms with E-state index in [0.29, 0.717) is 28.8 Å². The summed E-state index contributed by atoms with van der Waals surface area (Å²) in [4.78, 5) is 0. The molecule has 1 unspecified atom stereocenters. The van der Waals surface area contributed by atoms with Crippen LogP contribution in [0.25, 0.3) is 0 Å². The first kappa shape index (κ1) is 14.5. The molecule has 1 aromatic rings. The lowest BCUT2D eigenvalue weighted by molar-refractivity contribution is -0.0135. The van der Waals surface area contributed by atoms with Crippen molar-refractivity contribution < 1.29 is 9.47 Å². The van der Waals surface area contributed by atoms with E-state index in [9.17, 15) is 0 Å². The second-order valence-corrected chi connectivity index (χ2v) is 6.25. The Balaban J connectivity index is 1.68. The minimum atomic E-state index is 0.266. The van der Waals surface area contributed by atoms with Crippen molar-refractivity contribution in [1.82, 2.24) is 5.32 Å². The van der Waals surface area contributed by atoms with Gasteiger partial charge in [-0.05, 0) is 31.9 Å². The highest BCUT2D eigenvalue weighted by molar-refractivity contribution is 6.35. The van der Waals surface area contributed by atoms with Crippen molar-refractivity contribution in [1.29, 1.82) is 0 Å². The molecule has 0 spiro atoms. The molecule has 0 amide bonds. The van der Waals surface area contributed by atoms with Crippen molar-refractivity contribution in [2.45, 2.75) is 44.4 Å². The van der Waals surface area contributed by atoms with Gasteiger partial charge in [-0.1, -0.05) is 23.2 Å². The van der Waals surface area contributed by atoms with E-state index in [4.69, 9.17) is 32.7 Å². The van der Waals surface area contributed by atoms with Gasteiger partial charge in [-0.3, -0.25) is 0 Å². The molecule has 0 radical (unpaired) electrons. The van der Waals surface area contributed by atoms with Crippen LogP contribution in [0.1, 0.15) is 37.8 Å². The van der Waals surface area contributed by atoms with Crippen molar-refractivity contribution >= 4 is 23.2 Å². The van der Waals surface area contributed by atoms with Gasteiger partial charge in [-0.15, -0.1) is 0 Å². The number of nitrogens with one attached hydrogen (secondary N) is 1. The molecule has 110 valence electrons. The summed E-state index contributed by atoms with van der Waals surface area (Å²) in [5.41, 5.74) is 1.08. The van der Waals surface area contributed by atoms with E-state index in [1.807, 2.05) is 13.0 Å². The highest BCUT2D eigenvalue weighted by Crippen LogP contribution is 2.41. The molecule has 1 N–H and O–H groups in total. The Kier molecular flexibility index (Phi) is 4.41. The molecule has 20 heavy (non-hydrogen) atoms. The van der Waals surface area contributed by atoms with Crippen LogP contribution in [0.5, 0.6) is 5.75 Å². The monoisotopic (exact) mass is 315 g/mol. The van der Waals surface area contributed by atoms with Gasteiger partial charge in [0.05, 0.1) is 17.7 Å². The largest absolute Gasteiger partial charge is 0.492 e. The molecule has 1 aliphatic heterocycles. The Morgan fingerprint density at radius 3 is 2.90 bits per heavy atom. The number of benzene rings is 1. The molecule has 3 nitrogen and oxygen atoms in total. The van der Waals surface area contributed by atoms with Crippen LogP contribution >= 0.6 is 23.2 Å². The highest BCUT2D eigenvalue weighted by atomic mass is 35.5. The second kappa shape index (κ2) is 6.10. The number of hydrogen-bond donors (Lipinski definition) is 1. The van der Waals surface area contributed by atoms with E-state index in [-0.39, 0.29) is 6.04 Å². The summed E-state index contributed by atoms with van der Waals surface area (Å²) in [6, 6.07) is 4.47. The Hall–Kier alpha value is -0.480. The van der Waals surface area contributed by atoms with E-state index >= 15 is 0 Å². The molecule has 0 aromatic heterocycles. The normalized spacial score (nSPS) is 28.4. The minimum absolute atomic E-state index is 0.266. The van der Waals surface area contributed by atoms with E-state index in [1.165, 1.54) is 0 Å². The number of fused-ring (bicyclic) bond motifs is 1. The summed E-state index contributed by atoms with van der Waals surface area (Å²) in [7, 11) is 0. The Labute approximate surface area is 129 Å². The molecule has 1 aliphatic carbocycles. The number of halogens is 2. The van der Waals surface area contributed by atoms with Crippen LogP contribution < -0.4 is 10.1 Å². The summed E-state index contributed by atoms with van der Waals surface area (Å²) >= 11 is 12.3. The van der Waals surface area contributed by atoms with Crippen LogP contribution in [0.2, 0.25) is 10.0 Å². The van der Waals surface area contributed by atoms with Gasteiger partial charge in [0.15, 0.2) is 0 Å². The molecular weight excluding hydrogens is 297 g/mol. The molecule has 1 heterocycles. The molecular formula is C15H19Cl2NO2. The Morgan fingerprint density at radius 1 is 1.35 bits per heavy atom. The Bertz CT molecular complexity index is 489. The fraction of sp³-hybridized carbons (Fsp3) is 0.600. The first-order valence-corrected chi connectivity index (χ1v) is 7.92. The van der Waals surface area contributed by atoms with E-state index in [0.717, 1.165) is 37.2 Å². The van der Waals surface area contributed by atoms with Crippen molar-refractivity contribution in [2.75, 3.05) is 13.2 Å². The zero-order chi connectivity index (χ0) is 14.1. The topological polar surface area (TPSA) is 30.5 Å². The van der Waals surface area contributed by atoms with Gasteiger partial charge < -0.3 is 14.8 Å². The van der Waals surface area contributed by atoms with Gasteiger partial charge in [0, 0.05) is 35.7 Å². The third-order valence-corrected chi connectivity index (χ3v) is 4.50. The van der Waals surface area contributed by atoms with Gasteiger partial charge in [0.2, 0.25) is 0 Å². The predicted molar refractivity (Wildman–Crippen MR) is 80.9 cm³/mol. The van der Waals surface area contributed by atoms with Crippen LogP contribution in [0.4, 0.5) is 0 Å². The van der Waals surface area contributed by atoms with Gasteiger partial charge in [-0.2, -0.15) is 0 Å². The molecule has 0 saturated heterocycles. The molecule has 5 heteroatoms.